The van der Waals surface area contributed by atoms with Crippen LogP contribution in [-0.2, 0) is 16.6 Å². The lowest BCUT2D eigenvalue weighted by atomic mass is 9.94. The zero-order valence-corrected chi connectivity index (χ0v) is 17.2. The van der Waals surface area contributed by atoms with Crippen molar-refractivity contribution in [1.29, 1.82) is 0 Å². The van der Waals surface area contributed by atoms with E-state index in [0.29, 0.717) is 12.1 Å². The van der Waals surface area contributed by atoms with Crippen molar-refractivity contribution in [3.63, 3.8) is 0 Å². The van der Waals surface area contributed by atoms with Crippen molar-refractivity contribution in [3.8, 4) is 0 Å². The highest BCUT2D eigenvalue weighted by Crippen LogP contribution is 2.48. The van der Waals surface area contributed by atoms with Crippen LogP contribution in [0.2, 0.25) is 0 Å². The van der Waals surface area contributed by atoms with E-state index in [1.807, 2.05) is 73.7 Å². The average molecular weight is 399 g/mol. The van der Waals surface area contributed by atoms with Gasteiger partial charge in [0.05, 0.1) is 5.41 Å². The molecule has 0 bridgehead atoms. The van der Waals surface area contributed by atoms with E-state index in [4.69, 9.17) is 0 Å². The van der Waals surface area contributed by atoms with Gasteiger partial charge in [0.15, 0.2) is 0 Å². The Morgan fingerprint density at radius 1 is 0.867 bits per heavy atom. The van der Waals surface area contributed by atoms with E-state index >= 15 is 0 Å². The topological polar surface area (TPSA) is 58.2 Å². The first kappa shape index (κ1) is 19.9. The summed E-state index contributed by atoms with van der Waals surface area (Å²) in [6, 6.07) is 25.3. The van der Waals surface area contributed by atoms with Gasteiger partial charge in [-0.2, -0.15) is 0 Å². The Kier molecular flexibility index (Phi) is 5.66. The summed E-state index contributed by atoms with van der Waals surface area (Å²) in [6.07, 6.45) is 2.55. The van der Waals surface area contributed by atoms with E-state index < -0.39 is 5.41 Å². The van der Waals surface area contributed by atoms with E-state index in [1.165, 1.54) is 5.56 Å². The van der Waals surface area contributed by atoms with E-state index in [2.05, 4.69) is 22.8 Å². The second-order valence-electron chi connectivity index (χ2n) is 7.92. The van der Waals surface area contributed by atoms with Gasteiger partial charge in [0.25, 0.3) is 5.91 Å². The summed E-state index contributed by atoms with van der Waals surface area (Å²) >= 11 is 0. The number of rotatable bonds is 7. The van der Waals surface area contributed by atoms with Gasteiger partial charge in [0, 0.05) is 17.8 Å². The average Bonchev–Trinajstić information content (AvgIpc) is 3.57. The molecule has 2 amide bonds. The zero-order chi connectivity index (χ0) is 21.0. The SMILES string of the molecule is Cc1ccccc1C(=O)Nc1ccc(C2(C(=O)NCCc3ccccc3)CC2)cc1. The number of carbonyl (C=O) groups is 2. The van der Waals surface area contributed by atoms with Gasteiger partial charge in [-0.05, 0) is 61.1 Å². The lowest BCUT2D eigenvalue weighted by molar-refractivity contribution is -0.123. The molecule has 0 heterocycles. The van der Waals surface area contributed by atoms with Gasteiger partial charge in [-0.15, -0.1) is 0 Å². The molecule has 0 radical (unpaired) electrons. The summed E-state index contributed by atoms with van der Waals surface area (Å²) in [5, 5.41) is 6.04. The Balaban J connectivity index is 1.36. The minimum atomic E-state index is -0.421. The maximum absolute atomic E-state index is 12.8. The van der Waals surface area contributed by atoms with Crippen LogP contribution in [-0.4, -0.2) is 18.4 Å². The molecule has 4 rings (SSSR count). The van der Waals surface area contributed by atoms with Gasteiger partial charge >= 0.3 is 0 Å². The fourth-order valence-electron chi connectivity index (χ4n) is 3.80. The van der Waals surface area contributed by atoms with Gasteiger partial charge in [0.1, 0.15) is 0 Å². The molecule has 152 valence electrons. The lowest BCUT2D eigenvalue weighted by Crippen LogP contribution is -2.35. The van der Waals surface area contributed by atoms with E-state index in [9.17, 15) is 9.59 Å². The molecule has 1 aliphatic carbocycles. The molecule has 1 fully saturated rings. The van der Waals surface area contributed by atoms with E-state index in [1.54, 1.807) is 0 Å². The van der Waals surface area contributed by atoms with Crippen LogP contribution in [0, 0.1) is 6.92 Å². The number of nitrogens with one attached hydrogen (secondary N) is 2. The number of hydrogen-bond acceptors (Lipinski definition) is 2. The molecule has 3 aromatic rings. The fourth-order valence-corrected chi connectivity index (χ4v) is 3.80. The third kappa shape index (κ3) is 4.28. The Morgan fingerprint density at radius 2 is 1.53 bits per heavy atom. The van der Waals surface area contributed by atoms with Crippen LogP contribution in [0.15, 0.2) is 78.9 Å². The minimum absolute atomic E-state index is 0.0927. The van der Waals surface area contributed by atoms with Crippen LogP contribution in [0.25, 0.3) is 0 Å². The van der Waals surface area contributed by atoms with Crippen LogP contribution in [0.1, 0.15) is 39.9 Å². The van der Waals surface area contributed by atoms with Crippen LogP contribution in [0.3, 0.4) is 0 Å². The number of anilines is 1. The van der Waals surface area contributed by atoms with Crippen molar-refractivity contribution >= 4 is 17.5 Å². The van der Waals surface area contributed by atoms with E-state index in [0.717, 1.165) is 36.1 Å². The molecule has 4 heteroatoms. The molecule has 0 aromatic heterocycles. The number of aryl methyl sites for hydroxylation is 1. The molecule has 0 spiro atoms. The number of benzene rings is 3. The van der Waals surface area contributed by atoms with Crippen LogP contribution >= 0.6 is 0 Å². The van der Waals surface area contributed by atoms with Gasteiger partial charge in [-0.25, -0.2) is 0 Å². The molecule has 1 aliphatic rings. The highest BCUT2D eigenvalue weighted by atomic mass is 16.2. The molecule has 4 nitrogen and oxygen atoms in total. The molecule has 0 saturated heterocycles. The van der Waals surface area contributed by atoms with Crippen LogP contribution in [0.5, 0.6) is 0 Å². The first-order chi connectivity index (χ1) is 14.6. The van der Waals surface area contributed by atoms with Crippen molar-refractivity contribution in [1.82, 2.24) is 5.32 Å². The van der Waals surface area contributed by atoms with Gasteiger partial charge in [-0.1, -0.05) is 60.7 Å². The molecular weight excluding hydrogens is 372 g/mol. The summed E-state index contributed by atoms with van der Waals surface area (Å²) in [5.41, 5.74) is 4.14. The predicted molar refractivity (Wildman–Crippen MR) is 120 cm³/mol. The molecule has 30 heavy (non-hydrogen) atoms. The van der Waals surface area contributed by atoms with Crippen molar-refractivity contribution in [2.24, 2.45) is 0 Å². The largest absolute Gasteiger partial charge is 0.355 e. The molecular formula is C26H26N2O2. The summed E-state index contributed by atoms with van der Waals surface area (Å²) in [6.45, 7) is 2.56. The third-order valence-corrected chi connectivity index (χ3v) is 5.81. The summed E-state index contributed by atoms with van der Waals surface area (Å²) in [4.78, 5) is 25.3. The predicted octanol–water partition coefficient (Wildman–Crippen LogP) is 4.64. The molecule has 1 saturated carbocycles. The Bertz CT molecular complexity index is 1040. The Labute approximate surface area is 177 Å². The molecule has 2 N–H and O–H groups in total. The molecule has 0 atom stereocenters. The lowest BCUT2D eigenvalue weighted by Gasteiger charge is -2.16. The monoisotopic (exact) mass is 398 g/mol. The number of amides is 2. The number of hydrogen-bond donors (Lipinski definition) is 2. The quantitative estimate of drug-likeness (QED) is 0.609. The number of carbonyl (C=O) groups excluding carboxylic acids is 2. The molecule has 3 aromatic carbocycles. The van der Waals surface area contributed by atoms with Crippen molar-refractivity contribution in [2.45, 2.75) is 31.6 Å². The summed E-state index contributed by atoms with van der Waals surface area (Å²) < 4.78 is 0. The van der Waals surface area contributed by atoms with Crippen molar-refractivity contribution < 1.29 is 9.59 Å². The highest BCUT2D eigenvalue weighted by molar-refractivity contribution is 6.05. The third-order valence-electron chi connectivity index (χ3n) is 5.81. The molecule has 0 unspecified atom stereocenters. The standard InChI is InChI=1S/C26H26N2O2/c1-19-7-5-6-10-23(19)24(29)28-22-13-11-21(12-14-22)26(16-17-26)25(30)27-18-15-20-8-3-2-4-9-20/h2-14H,15-18H2,1H3,(H,27,30)(H,28,29). The maximum Gasteiger partial charge on any atom is 0.255 e. The maximum atomic E-state index is 12.8. The first-order valence-corrected chi connectivity index (χ1v) is 10.4. The van der Waals surface area contributed by atoms with E-state index in [-0.39, 0.29) is 11.8 Å². The van der Waals surface area contributed by atoms with Crippen molar-refractivity contribution in [2.75, 3.05) is 11.9 Å². The zero-order valence-electron chi connectivity index (χ0n) is 17.2. The van der Waals surface area contributed by atoms with Crippen LogP contribution in [0.4, 0.5) is 5.69 Å². The highest BCUT2D eigenvalue weighted by Gasteiger charge is 2.50. The van der Waals surface area contributed by atoms with Gasteiger partial charge in [0.2, 0.25) is 5.91 Å². The second kappa shape index (κ2) is 8.54. The summed E-state index contributed by atoms with van der Waals surface area (Å²) in [7, 11) is 0. The normalized spacial score (nSPS) is 14.0. The minimum Gasteiger partial charge on any atom is -0.355 e. The van der Waals surface area contributed by atoms with Gasteiger partial charge in [-0.3, -0.25) is 9.59 Å². The smallest absolute Gasteiger partial charge is 0.255 e. The van der Waals surface area contributed by atoms with Gasteiger partial charge < -0.3 is 10.6 Å². The fraction of sp³-hybridized carbons (Fsp3) is 0.231. The Hall–Kier alpha value is -3.40. The summed E-state index contributed by atoms with van der Waals surface area (Å²) in [5.74, 6) is -0.0317. The van der Waals surface area contributed by atoms with Crippen LogP contribution < -0.4 is 10.6 Å². The molecule has 0 aliphatic heterocycles. The Morgan fingerprint density at radius 3 is 2.20 bits per heavy atom. The first-order valence-electron chi connectivity index (χ1n) is 10.4. The van der Waals surface area contributed by atoms with Crippen molar-refractivity contribution in [3.05, 3.63) is 101 Å². The second-order valence-corrected chi connectivity index (χ2v) is 7.92.